The smallest absolute Gasteiger partial charge is 0.335 e. The Labute approximate surface area is 128 Å². The van der Waals surface area contributed by atoms with Crippen LogP contribution in [-0.2, 0) is 5.75 Å². The second-order valence-corrected chi connectivity index (χ2v) is 5.21. The van der Waals surface area contributed by atoms with E-state index in [0.717, 1.165) is 16.7 Å². The average Bonchev–Trinajstić information content (AvgIpc) is 2.53. The van der Waals surface area contributed by atoms with Crippen LogP contribution in [0.2, 0.25) is 0 Å². The zero-order valence-electron chi connectivity index (χ0n) is 11.3. The Bertz CT molecular complexity index is 824. The number of fused-ring (bicyclic) bond motifs is 1. The number of benzene rings is 3. The minimum absolute atomic E-state index is 0.314. The maximum Gasteiger partial charge on any atom is 0.335 e. The molecule has 0 heterocycles. The van der Waals surface area contributed by atoms with E-state index in [1.807, 2.05) is 24.3 Å². The lowest BCUT2D eigenvalue weighted by molar-refractivity contribution is 0.0696. The molecule has 0 bridgehead atoms. The Balaban J connectivity index is 2.11. The molecule has 0 aliphatic carbocycles. The highest BCUT2D eigenvalue weighted by atomic mass is 32.1. The van der Waals surface area contributed by atoms with Gasteiger partial charge in [0.15, 0.2) is 0 Å². The molecule has 0 radical (unpaired) electrons. The van der Waals surface area contributed by atoms with Crippen molar-refractivity contribution in [1.29, 1.82) is 0 Å². The molecule has 3 aromatic rings. The van der Waals surface area contributed by atoms with E-state index < -0.39 is 5.97 Å². The van der Waals surface area contributed by atoms with Crippen molar-refractivity contribution >= 4 is 29.4 Å². The molecule has 3 aromatic carbocycles. The fraction of sp³-hybridized carbons (Fsp3) is 0.0556. The molecule has 0 amide bonds. The number of hydrogen-bond acceptors (Lipinski definition) is 2. The molecule has 1 N–H and O–H groups in total. The van der Waals surface area contributed by atoms with Gasteiger partial charge in [0.05, 0.1) is 5.56 Å². The number of rotatable bonds is 3. The van der Waals surface area contributed by atoms with Gasteiger partial charge in [-0.15, -0.1) is 0 Å². The first-order chi connectivity index (χ1) is 10.2. The van der Waals surface area contributed by atoms with Crippen LogP contribution in [0.3, 0.4) is 0 Å². The first kappa shape index (κ1) is 13.7. The van der Waals surface area contributed by atoms with E-state index in [9.17, 15) is 4.79 Å². The lowest BCUT2D eigenvalue weighted by Crippen LogP contribution is -2.01. The van der Waals surface area contributed by atoms with Gasteiger partial charge in [0.1, 0.15) is 0 Å². The highest BCUT2D eigenvalue weighted by Gasteiger charge is 2.10. The van der Waals surface area contributed by atoms with Gasteiger partial charge in [-0.3, -0.25) is 0 Å². The van der Waals surface area contributed by atoms with Gasteiger partial charge in [-0.25, -0.2) is 4.79 Å². The zero-order valence-corrected chi connectivity index (χ0v) is 12.2. The molecule has 0 saturated carbocycles. The van der Waals surface area contributed by atoms with Crippen molar-refractivity contribution in [2.24, 2.45) is 0 Å². The maximum absolute atomic E-state index is 11.2. The van der Waals surface area contributed by atoms with Gasteiger partial charge >= 0.3 is 5.97 Å². The molecule has 0 atom stereocenters. The van der Waals surface area contributed by atoms with Crippen molar-refractivity contribution in [1.82, 2.24) is 0 Å². The van der Waals surface area contributed by atoms with Gasteiger partial charge in [-0.2, -0.15) is 12.6 Å². The van der Waals surface area contributed by atoms with Gasteiger partial charge < -0.3 is 5.11 Å². The van der Waals surface area contributed by atoms with Crippen molar-refractivity contribution in [2.75, 3.05) is 0 Å². The van der Waals surface area contributed by atoms with Crippen LogP contribution in [-0.4, -0.2) is 11.1 Å². The topological polar surface area (TPSA) is 37.3 Å². The number of carboxylic acids is 1. The molecule has 3 heteroatoms. The quantitative estimate of drug-likeness (QED) is 0.691. The summed E-state index contributed by atoms with van der Waals surface area (Å²) in [6.07, 6.45) is 0. The number of aromatic carboxylic acids is 1. The third kappa shape index (κ3) is 2.65. The van der Waals surface area contributed by atoms with Crippen LogP contribution < -0.4 is 0 Å². The molecular weight excluding hydrogens is 280 g/mol. The normalized spacial score (nSPS) is 10.7. The highest BCUT2D eigenvalue weighted by molar-refractivity contribution is 7.79. The average molecular weight is 294 g/mol. The van der Waals surface area contributed by atoms with Crippen molar-refractivity contribution in [3.05, 3.63) is 71.8 Å². The van der Waals surface area contributed by atoms with Crippen LogP contribution in [0.5, 0.6) is 0 Å². The van der Waals surface area contributed by atoms with Crippen LogP contribution in [0, 0.1) is 0 Å². The monoisotopic (exact) mass is 294 g/mol. The summed E-state index contributed by atoms with van der Waals surface area (Å²) in [5.74, 6) is -0.507. The van der Waals surface area contributed by atoms with Crippen LogP contribution in [0.1, 0.15) is 15.9 Å². The molecule has 0 fully saturated rings. The third-order valence-corrected chi connectivity index (χ3v) is 3.93. The number of carbonyl (C=O) groups is 1. The second kappa shape index (κ2) is 5.62. The lowest BCUT2D eigenvalue weighted by Gasteiger charge is -2.08. The van der Waals surface area contributed by atoms with Gasteiger partial charge in [0, 0.05) is 5.75 Å². The first-order valence-corrected chi connectivity index (χ1v) is 7.28. The van der Waals surface area contributed by atoms with Gasteiger partial charge in [0.25, 0.3) is 0 Å². The first-order valence-electron chi connectivity index (χ1n) is 6.65. The van der Waals surface area contributed by atoms with E-state index in [1.165, 1.54) is 10.8 Å². The van der Waals surface area contributed by atoms with E-state index in [2.05, 4.69) is 43.0 Å². The predicted molar refractivity (Wildman–Crippen MR) is 89.0 cm³/mol. The highest BCUT2D eigenvalue weighted by Crippen LogP contribution is 2.27. The van der Waals surface area contributed by atoms with E-state index in [1.54, 1.807) is 6.07 Å². The van der Waals surface area contributed by atoms with Crippen LogP contribution in [0.15, 0.2) is 60.7 Å². The van der Waals surface area contributed by atoms with Crippen molar-refractivity contribution in [3.8, 4) is 11.1 Å². The fourth-order valence-corrected chi connectivity index (χ4v) is 2.74. The standard InChI is InChI=1S/C18H14O2S/c19-18(20)17-8-7-15(10-16(17)11-21)14-6-5-12-3-1-2-4-13(12)9-14/h1-10,21H,11H2,(H,19,20). The summed E-state index contributed by atoms with van der Waals surface area (Å²) in [4.78, 5) is 11.2. The maximum atomic E-state index is 11.2. The predicted octanol–water partition coefficient (Wildman–Crippen LogP) is 4.63. The van der Waals surface area contributed by atoms with E-state index in [0.29, 0.717) is 11.3 Å². The zero-order chi connectivity index (χ0) is 14.8. The Hall–Kier alpha value is -2.26. The van der Waals surface area contributed by atoms with Gasteiger partial charge in [-0.05, 0) is 45.7 Å². The summed E-state index contributed by atoms with van der Waals surface area (Å²) in [7, 11) is 0. The number of hydrogen-bond donors (Lipinski definition) is 2. The van der Waals surface area contributed by atoms with Crippen LogP contribution in [0.4, 0.5) is 0 Å². The molecule has 0 saturated heterocycles. The van der Waals surface area contributed by atoms with E-state index in [-0.39, 0.29) is 0 Å². The van der Waals surface area contributed by atoms with Crippen LogP contribution in [0.25, 0.3) is 21.9 Å². The molecular formula is C18H14O2S. The Morgan fingerprint density at radius 2 is 1.57 bits per heavy atom. The molecule has 3 rings (SSSR count). The molecule has 0 unspecified atom stereocenters. The fourth-order valence-electron chi connectivity index (χ4n) is 2.48. The third-order valence-electron chi connectivity index (χ3n) is 3.59. The summed E-state index contributed by atoms with van der Waals surface area (Å²) in [6, 6.07) is 19.8. The molecule has 0 aromatic heterocycles. The molecule has 2 nitrogen and oxygen atoms in total. The molecule has 104 valence electrons. The minimum Gasteiger partial charge on any atom is -0.478 e. The van der Waals surface area contributed by atoms with Crippen molar-refractivity contribution < 1.29 is 9.90 Å². The number of thiol groups is 1. The summed E-state index contributed by atoms with van der Waals surface area (Å²) < 4.78 is 0. The summed E-state index contributed by atoms with van der Waals surface area (Å²) >= 11 is 4.23. The summed E-state index contributed by atoms with van der Waals surface area (Å²) in [6.45, 7) is 0. The van der Waals surface area contributed by atoms with E-state index in [4.69, 9.17) is 5.11 Å². The SMILES string of the molecule is O=C(O)c1ccc(-c2ccc3ccccc3c2)cc1CS. The molecule has 21 heavy (non-hydrogen) atoms. The molecule has 0 aliphatic rings. The van der Waals surface area contributed by atoms with Gasteiger partial charge in [-0.1, -0.05) is 42.5 Å². The molecule has 0 spiro atoms. The lowest BCUT2D eigenvalue weighted by atomic mass is 9.97. The Kier molecular flexibility index (Phi) is 3.67. The second-order valence-electron chi connectivity index (χ2n) is 4.90. The number of carboxylic acid groups (broad SMARTS) is 1. The van der Waals surface area contributed by atoms with E-state index >= 15 is 0 Å². The molecule has 0 aliphatic heterocycles. The largest absolute Gasteiger partial charge is 0.478 e. The van der Waals surface area contributed by atoms with Crippen LogP contribution >= 0.6 is 12.6 Å². The van der Waals surface area contributed by atoms with Crippen molar-refractivity contribution in [3.63, 3.8) is 0 Å². The minimum atomic E-state index is -0.913. The summed E-state index contributed by atoms with van der Waals surface area (Å²) in [5.41, 5.74) is 3.13. The van der Waals surface area contributed by atoms with Crippen molar-refractivity contribution in [2.45, 2.75) is 5.75 Å². The Morgan fingerprint density at radius 1 is 0.905 bits per heavy atom. The van der Waals surface area contributed by atoms with Gasteiger partial charge in [0.2, 0.25) is 0 Å². The summed E-state index contributed by atoms with van der Waals surface area (Å²) in [5, 5.41) is 11.5. The Morgan fingerprint density at radius 3 is 2.29 bits per heavy atom.